The van der Waals surface area contributed by atoms with E-state index in [1.807, 2.05) is 0 Å². The maximum absolute atomic E-state index is 13.0. The normalized spacial score (nSPS) is 12.6. The van der Waals surface area contributed by atoms with E-state index in [1.165, 1.54) is 12.1 Å². The van der Waals surface area contributed by atoms with Crippen molar-refractivity contribution < 1.29 is 18.7 Å². The third-order valence-corrected chi connectivity index (χ3v) is 3.07. The van der Waals surface area contributed by atoms with Crippen LogP contribution in [0.3, 0.4) is 0 Å². The molecule has 4 nitrogen and oxygen atoms in total. The molecule has 0 aliphatic heterocycles. The van der Waals surface area contributed by atoms with Gasteiger partial charge in [-0.3, -0.25) is 4.79 Å². The fourth-order valence-corrected chi connectivity index (χ4v) is 1.95. The summed E-state index contributed by atoms with van der Waals surface area (Å²) in [5, 5.41) is 2.75. The largest absolute Gasteiger partial charge is 0.444 e. The van der Waals surface area contributed by atoms with E-state index in [1.54, 1.807) is 39.8 Å². The van der Waals surface area contributed by atoms with Crippen molar-refractivity contribution in [3.63, 3.8) is 0 Å². The summed E-state index contributed by atoms with van der Waals surface area (Å²) in [6.07, 6.45) is 0.722. The lowest BCUT2D eigenvalue weighted by Gasteiger charge is -2.24. The number of hydrogen-bond donors (Lipinski definition) is 1. The highest BCUT2D eigenvalue weighted by molar-refractivity contribution is 5.78. The average molecular weight is 309 g/mol. The molecule has 0 aliphatic carbocycles. The Balaban J connectivity index is 2.79. The van der Waals surface area contributed by atoms with Crippen LogP contribution in [0.15, 0.2) is 24.3 Å². The topological polar surface area (TPSA) is 55.4 Å². The number of ketones is 1. The van der Waals surface area contributed by atoms with Gasteiger partial charge in [0.2, 0.25) is 0 Å². The van der Waals surface area contributed by atoms with Crippen LogP contribution in [0.4, 0.5) is 9.18 Å². The lowest BCUT2D eigenvalue weighted by atomic mass is 10.00. The highest BCUT2D eigenvalue weighted by atomic mass is 19.1. The van der Waals surface area contributed by atoms with Crippen molar-refractivity contribution in [2.45, 2.75) is 58.6 Å². The number of hydrogen-bond acceptors (Lipinski definition) is 3. The molecule has 0 saturated heterocycles. The van der Waals surface area contributed by atoms with Crippen molar-refractivity contribution in [2.24, 2.45) is 0 Å². The average Bonchev–Trinajstić information content (AvgIpc) is 2.42. The first-order valence-corrected chi connectivity index (χ1v) is 7.48. The van der Waals surface area contributed by atoms with Crippen molar-refractivity contribution >= 4 is 11.9 Å². The molecule has 1 rings (SSSR count). The molecule has 122 valence electrons. The van der Waals surface area contributed by atoms with E-state index in [0.29, 0.717) is 19.3 Å². The number of benzene rings is 1. The summed E-state index contributed by atoms with van der Waals surface area (Å²) >= 11 is 0. The first kappa shape index (κ1) is 18.1. The van der Waals surface area contributed by atoms with Crippen LogP contribution in [-0.4, -0.2) is 17.5 Å². The van der Waals surface area contributed by atoms with Gasteiger partial charge in [0.15, 0.2) is 0 Å². The number of alkyl carbamates (subject to hydrolysis) is 1. The van der Waals surface area contributed by atoms with Crippen LogP contribution in [-0.2, 0) is 9.53 Å². The minimum Gasteiger partial charge on any atom is -0.444 e. The van der Waals surface area contributed by atoms with Crippen LogP contribution in [0.5, 0.6) is 0 Å². The number of Topliss-reactive ketones (excluding diaryl/α,β-unsaturated/α-hetero) is 1. The second-order valence-corrected chi connectivity index (χ2v) is 6.18. The van der Waals surface area contributed by atoms with Gasteiger partial charge < -0.3 is 10.1 Å². The summed E-state index contributed by atoms with van der Waals surface area (Å²) in [6.45, 7) is 7.14. The van der Waals surface area contributed by atoms with Gasteiger partial charge in [-0.1, -0.05) is 19.1 Å². The second kappa shape index (κ2) is 7.92. The van der Waals surface area contributed by atoms with Crippen LogP contribution in [0.25, 0.3) is 0 Å². The molecule has 1 aromatic carbocycles. The number of ether oxygens (including phenoxy) is 1. The van der Waals surface area contributed by atoms with E-state index in [2.05, 4.69) is 5.32 Å². The smallest absolute Gasteiger partial charge is 0.408 e. The zero-order chi connectivity index (χ0) is 16.8. The summed E-state index contributed by atoms with van der Waals surface area (Å²) in [6, 6.07) is 5.49. The minimum absolute atomic E-state index is 0.123. The molecule has 0 fully saturated rings. The Labute approximate surface area is 131 Å². The molecule has 1 amide bonds. The minimum atomic E-state index is -0.601. The first-order chi connectivity index (χ1) is 10.2. The molecular weight excluding hydrogens is 285 g/mol. The first-order valence-electron chi connectivity index (χ1n) is 7.48. The van der Waals surface area contributed by atoms with Gasteiger partial charge in [0, 0.05) is 12.8 Å². The summed E-state index contributed by atoms with van der Waals surface area (Å²) in [5.41, 5.74) is 0.146. The molecule has 0 aliphatic rings. The summed E-state index contributed by atoms with van der Waals surface area (Å²) < 4.78 is 18.3. The van der Waals surface area contributed by atoms with Crippen LogP contribution < -0.4 is 5.32 Å². The molecule has 0 saturated carbocycles. The molecule has 0 aromatic heterocycles. The standard InChI is InChI=1S/C17H24FNO3/c1-5-14(20)10-11-15(12-6-8-13(18)9-7-12)19-16(21)22-17(2,3)4/h6-9,15H,5,10-11H2,1-4H3,(H,19,21)/t15-/m0/s1. The van der Waals surface area contributed by atoms with Gasteiger partial charge >= 0.3 is 6.09 Å². The number of carbonyl (C=O) groups is 2. The zero-order valence-electron chi connectivity index (χ0n) is 13.6. The van der Waals surface area contributed by atoms with Gasteiger partial charge in [0.1, 0.15) is 17.2 Å². The molecule has 0 unspecified atom stereocenters. The van der Waals surface area contributed by atoms with Crippen LogP contribution in [0.1, 0.15) is 58.6 Å². The predicted molar refractivity (Wildman–Crippen MR) is 83.0 cm³/mol. The lowest BCUT2D eigenvalue weighted by Crippen LogP contribution is -2.35. The van der Waals surface area contributed by atoms with E-state index in [4.69, 9.17) is 4.74 Å². The molecule has 1 aromatic rings. The van der Waals surface area contributed by atoms with Crippen LogP contribution >= 0.6 is 0 Å². The zero-order valence-corrected chi connectivity index (χ0v) is 13.6. The Morgan fingerprint density at radius 1 is 1.23 bits per heavy atom. The van der Waals surface area contributed by atoms with Crippen molar-refractivity contribution in [1.82, 2.24) is 5.32 Å². The molecule has 22 heavy (non-hydrogen) atoms. The maximum Gasteiger partial charge on any atom is 0.408 e. The molecule has 1 N–H and O–H groups in total. The number of halogens is 1. The van der Waals surface area contributed by atoms with E-state index in [9.17, 15) is 14.0 Å². The maximum atomic E-state index is 13.0. The Morgan fingerprint density at radius 3 is 2.32 bits per heavy atom. The Hall–Kier alpha value is -1.91. The molecule has 0 bridgehead atoms. The van der Waals surface area contributed by atoms with Crippen molar-refractivity contribution in [1.29, 1.82) is 0 Å². The van der Waals surface area contributed by atoms with E-state index in [-0.39, 0.29) is 17.6 Å². The van der Waals surface area contributed by atoms with Crippen molar-refractivity contribution in [3.05, 3.63) is 35.6 Å². The van der Waals surface area contributed by atoms with Gasteiger partial charge in [-0.15, -0.1) is 0 Å². The summed E-state index contributed by atoms with van der Waals surface area (Å²) in [5.74, 6) is -0.220. The SMILES string of the molecule is CCC(=O)CC[C@H](NC(=O)OC(C)(C)C)c1ccc(F)cc1. The van der Waals surface area contributed by atoms with E-state index < -0.39 is 11.7 Å². The fraction of sp³-hybridized carbons (Fsp3) is 0.529. The molecular formula is C17H24FNO3. The predicted octanol–water partition coefficient (Wildman–Crippen LogP) is 4.15. The van der Waals surface area contributed by atoms with Gasteiger partial charge in [0.25, 0.3) is 0 Å². The van der Waals surface area contributed by atoms with E-state index >= 15 is 0 Å². The Morgan fingerprint density at radius 2 is 1.82 bits per heavy atom. The van der Waals surface area contributed by atoms with Gasteiger partial charge in [-0.2, -0.15) is 0 Å². The van der Waals surface area contributed by atoms with E-state index in [0.717, 1.165) is 5.56 Å². The van der Waals surface area contributed by atoms with Crippen LogP contribution in [0, 0.1) is 5.82 Å². The second-order valence-electron chi connectivity index (χ2n) is 6.18. The fourth-order valence-electron chi connectivity index (χ4n) is 1.95. The van der Waals surface area contributed by atoms with Crippen LogP contribution in [0.2, 0.25) is 0 Å². The lowest BCUT2D eigenvalue weighted by molar-refractivity contribution is -0.119. The molecule has 0 spiro atoms. The highest BCUT2D eigenvalue weighted by Crippen LogP contribution is 2.20. The molecule has 0 heterocycles. The summed E-state index contributed by atoms with van der Waals surface area (Å²) in [4.78, 5) is 23.4. The molecule has 0 radical (unpaired) electrons. The highest BCUT2D eigenvalue weighted by Gasteiger charge is 2.21. The van der Waals surface area contributed by atoms with Gasteiger partial charge in [0.05, 0.1) is 6.04 Å². The molecule has 5 heteroatoms. The van der Waals surface area contributed by atoms with Crippen molar-refractivity contribution in [2.75, 3.05) is 0 Å². The number of amides is 1. The van der Waals surface area contributed by atoms with Gasteiger partial charge in [-0.25, -0.2) is 9.18 Å². The quantitative estimate of drug-likeness (QED) is 0.858. The number of carbonyl (C=O) groups excluding carboxylic acids is 2. The third-order valence-electron chi connectivity index (χ3n) is 3.07. The number of rotatable bonds is 6. The third kappa shape index (κ3) is 6.70. The Bertz CT molecular complexity index is 506. The molecule has 1 atom stereocenters. The van der Waals surface area contributed by atoms with Gasteiger partial charge in [-0.05, 0) is 44.9 Å². The monoisotopic (exact) mass is 309 g/mol. The Kier molecular flexibility index (Phi) is 6.53. The number of nitrogens with one attached hydrogen (secondary N) is 1. The summed E-state index contributed by atoms with van der Waals surface area (Å²) in [7, 11) is 0. The van der Waals surface area contributed by atoms with Crippen molar-refractivity contribution in [3.8, 4) is 0 Å².